The highest BCUT2D eigenvalue weighted by atomic mass is 16.5. The van der Waals surface area contributed by atoms with Crippen LogP contribution in [0.15, 0.2) is 0 Å². The molecule has 1 saturated heterocycles. The number of hydrogen-bond donors (Lipinski definition) is 1. The molecule has 1 amide bonds. The van der Waals surface area contributed by atoms with Gasteiger partial charge in [0.2, 0.25) is 5.91 Å². The average Bonchev–Trinajstić information content (AvgIpc) is 2.50. The predicted molar refractivity (Wildman–Crippen MR) is 81.6 cm³/mol. The van der Waals surface area contributed by atoms with E-state index in [0.29, 0.717) is 19.0 Å². The second-order valence-electron chi connectivity index (χ2n) is 5.68. The van der Waals surface area contributed by atoms with E-state index in [1.807, 2.05) is 11.8 Å². The standard InChI is InChI=1S/C15H31N3O2/c1-4-5-14(12-16)17-8-10-18(11-9-17)15(19)7-6-13(2)20-3/h13-14H,4-12,16H2,1-3H3. The summed E-state index contributed by atoms with van der Waals surface area (Å²) >= 11 is 0. The molecule has 0 aromatic heterocycles. The molecular formula is C15H31N3O2. The predicted octanol–water partition coefficient (Wildman–Crippen LogP) is 1.07. The van der Waals surface area contributed by atoms with Crippen molar-refractivity contribution in [2.75, 3.05) is 39.8 Å². The molecule has 20 heavy (non-hydrogen) atoms. The van der Waals surface area contributed by atoms with Crippen molar-refractivity contribution in [1.29, 1.82) is 0 Å². The number of hydrogen-bond acceptors (Lipinski definition) is 4. The van der Waals surface area contributed by atoms with Gasteiger partial charge < -0.3 is 15.4 Å². The Morgan fingerprint density at radius 2 is 1.90 bits per heavy atom. The second-order valence-corrected chi connectivity index (χ2v) is 5.68. The van der Waals surface area contributed by atoms with E-state index >= 15 is 0 Å². The van der Waals surface area contributed by atoms with Crippen LogP contribution in [0.3, 0.4) is 0 Å². The van der Waals surface area contributed by atoms with E-state index in [1.54, 1.807) is 7.11 Å². The lowest BCUT2D eigenvalue weighted by Crippen LogP contribution is -2.53. The normalized spacial score (nSPS) is 19.9. The van der Waals surface area contributed by atoms with Crippen molar-refractivity contribution >= 4 is 5.91 Å². The Balaban J connectivity index is 2.32. The van der Waals surface area contributed by atoms with Crippen LogP contribution in [0.1, 0.15) is 39.5 Å². The molecule has 1 aliphatic rings. The van der Waals surface area contributed by atoms with E-state index < -0.39 is 0 Å². The molecule has 1 fully saturated rings. The Morgan fingerprint density at radius 1 is 1.25 bits per heavy atom. The first kappa shape index (κ1) is 17.4. The van der Waals surface area contributed by atoms with Gasteiger partial charge in [0.1, 0.15) is 0 Å². The Kier molecular flexibility index (Phi) is 8.11. The van der Waals surface area contributed by atoms with Crippen molar-refractivity contribution in [3.8, 4) is 0 Å². The van der Waals surface area contributed by atoms with Gasteiger partial charge in [-0.2, -0.15) is 0 Å². The molecule has 0 spiro atoms. The van der Waals surface area contributed by atoms with E-state index in [9.17, 15) is 4.79 Å². The van der Waals surface area contributed by atoms with Gasteiger partial charge in [-0.3, -0.25) is 9.69 Å². The SMILES string of the molecule is CCCC(CN)N1CCN(C(=O)CCC(C)OC)CC1. The highest BCUT2D eigenvalue weighted by Crippen LogP contribution is 2.12. The van der Waals surface area contributed by atoms with Gasteiger partial charge in [0, 0.05) is 52.3 Å². The van der Waals surface area contributed by atoms with Crippen LogP contribution in [0.4, 0.5) is 0 Å². The Morgan fingerprint density at radius 3 is 2.40 bits per heavy atom. The fraction of sp³-hybridized carbons (Fsp3) is 0.933. The van der Waals surface area contributed by atoms with E-state index in [-0.39, 0.29) is 12.0 Å². The minimum Gasteiger partial charge on any atom is -0.382 e. The summed E-state index contributed by atoms with van der Waals surface area (Å²) in [4.78, 5) is 16.5. The van der Waals surface area contributed by atoms with Gasteiger partial charge in [-0.1, -0.05) is 13.3 Å². The number of ether oxygens (including phenoxy) is 1. The number of amides is 1. The first-order chi connectivity index (χ1) is 9.62. The molecule has 118 valence electrons. The summed E-state index contributed by atoms with van der Waals surface area (Å²) in [7, 11) is 1.69. The molecule has 1 aliphatic heterocycles. The third-order valence-electron chi connectivity index (χ3n) is 4.24. The third kappa shape index (κ3) is 5.38. The monoisotopic (exact) mass is 285 g/mol. The van der Waals surface area contributed by atoms with Crippen molar-refractivity contribution < 1.29 is 9.53 Å². The third-order valence-corrected chi connectivity index (χ3v) is 4.24. The lowest BCUT2D eigenvalue weighted by Gasteiger charge is -2.39. The molecule has 0 saturated carbocycles. The number of rotatable bonds is 8. The molecule has 1 heterocycles. The van der Waals surface area contributed by atoms with Crippen LogP contribution in [0, 0.1) is 0 Å². The molecule has 2 atom stereocenters. The zero-order valence-electron chi connectivity index (χ0n) is 13.3. The largest absolute Gasteiger partial charge is 0.382 e. The number of carbonyl (C=O) groups excluding carboxylic acids is 1. The summed E-state index contributed by atoms with van der Waals surface area (Å²) in [6.45, 7) is 8.48. The molecule has 0 bridgehead atoms. The first-order valence-electron chi connectivity index (χ1n) is 7.87. The van der Waals surface area contributed by atoms with Crippen molar-refractivity contribution in [2.45, 2.75) is 51.7 Å². The number of nitrogens with two attached hydrogens (primary N) is 1. The van der Waals surface area contributed by atoms with Gasteiger partial charge in [-0.25, -0.2) is 0 Å². The van der Waals surface area contributed by atoms with Gasteiger partial charge in [-0.05, 0) is 19.8 Å². The maximum atomic E-state index is 12.1. The number of nitrogens with zero attached hydrogens (tertiary/aromatic N) is 2. The molecular weight excluding hydrogens is 254 g/mol. The van der Waals surface area contributed by atoms with Gasteiger partial charge >= 0.3 is 0 Å². The lowest BCUT2D eigenvalue weighted by atomic mass is 10.1. The topological polar surface area (TPSA) is 58.8 Å². The quantitative estimate of drug-likeness (QED) is 0.725. The molecule has 1 rings (SSSR count). The minimum atomic E-state index is 0.159. The van der Waals surface area contributed by atoms with Gasteiger partial charge in [0.25, 0.3) is 0 Å². The molecule has 0 aliphatic carbocycles. The summed E-state index contributed by atoms with van der Waals surface area (Å²) in [6, 6.07) is 0.478. The van der Waals surface area contributed by atoms with E-state index in [4.69, 9.17) is 10.5 Å². The van der Waals surface area contributed by atoms with Crippen molar-refractivity contribution in [3.05, 3.63) is 0 Å². The van der Waals surface area contributed by atoms with Crippen molar-refractivity contribution in [2.24, 2.45) is 5.73 Å². The van der Waals surface area contributed by atoms with Crippen LogP contribution in [0.25, 0.3) is 0 Å². The molecule has 5 nitrogen and oxygen atoms in total. The van der Waals surface area contributed by atoms with Crippen LogP contribution in [0.2, 0.25) is 0 Å². The molecule has 0 aromatic carbocycles. The second kappa shape index (κ2) is 9.32. The number of methoxy groups -OCH3 is 1. The zero-order valence-corrected chi connectivity index (χ0v) is 13.3. The molecule has 0 radical (unpaired) electrons. The van der Waals surface area contributed by atoms with Crippen molar-refractivity contribution in [3.63, 3.8) is 0 Å². The summed E-state index contributed by atoms with van der Waals surface area (Å²) < 4.78 is 5.19. The van der Waals surface area contributed by atoms with Crippen LogP contribution in [0.5, 0.6) is 0 Å². The molecule has 2 unspecified atom stereocenters. The minimum absolute atomic E-state index is 0.159. The highest BCUT2D eigenvalue weighted by molar-refractivity contribution is 5.76. The summed E-state index contributed by atoms with van der Waals surface area (Å²) in [5.74, 6) is 0.258. The summed E-state index contributed by atoms with van der Waals surface area (Å²) in [5, 5.41) is 0. The maximum absolute atomic E-state index is 12.1. The van der Waals surface area contributed by atoms with Crippen LogP contribution < -0.4 is 5.73 Å². The fourth-order valence-corrected chi connectivity index (χ4v) is 2.72. The van der Waals surface area contributed by atoms with Gasteiger partial charge in [-0.15, -0.1) is 0 Å². The van der Waals surface area contributed by atoms with Crippen molar-refractivity contribution in [1.82, 2.24) is 9.80 Å². The Labute approximate surface area is 123 Å². The van der Waals surface area contributed by atoms with E-state index in [2.05, 4.69) is 11.8 Å². The molecule has 0 aromatic rings. The zero-order chi connectivity index (χ0) is 15.0. The molecule has 2 N–H and O–H groups in total. The van der Waals surface area contributed by atoms with Crippen LogP contribution >= 0.6 is 0 Å². The fourth-order valence-electron chi connectivity index (χ4n) is 2.72. The lowest BCUT2D eigenvalue weighted by molar-refractivity contribution is -0.133. The maximum Gasteiger partial charge on any atom is 0.222 e. The Bertz CT molecular complexity index is 278. The summed E-state index contributed by atoms with van der Waals surface area (Å²) in [6.07, 6.45) is 3.86. The van der Waals surface area contributed by atoms with E-state index in [1.165, 1.54) is 0 Å². The first-order valence-corrected chi connectivity index (χ1v) is 7.87. The van der Waals surface area contributed by atoms with E-state index in [0.717, 1.165) is 45.4 Å². The smallest absolute Gasteiger partial charge is 0.222 e. The molecule has 5 heteroatoms. The van der Waals surface area contributed by atoms with Gasteiger partial charge in [0.15, 0.2) is 0 Å². The average molecular weight is 285 g/mol. The Hall–Kier alpha value is -0.650. The van der Waals surface area contributed by atoms with Crippen LogP contribution in [-0.4, -0.2) is 67.7 Å². The van der Waals surface area contributed by atoms with Gasteiger partial charge in [0.05, 0.1) is 6.10 Å². The van der Waals surface area contributed by atoms with Crippen LogP contribution in [-0.2, 0) is 9.53 Å². The highest BCUT2D eigenvalue weighted by Gasteiger charge is 2.24. The number of piperazine rings is 1. The summed E-state index contributed by atoms with van der Waals surface area (Å²) in [5.41, 5.74) is 5.84. The number of carbonyl (C=O) groups is 1.